The van der Waals surface area contributed by atoms with E-state index in [1.54, 1.807) is 11.8 Å². The van der Waals surface area contributed by atoms with Crippen molar-refractivity contribution in [2.45, 2.75) is 20.8 Å². The fourth-order valence-electron chi connectivity index (χ4n) is 0.968. The number of carbonyl (C=O) groups excluding carboxylic acids is 1. The summed E-state index contributed by atoms with van der Waals surface area (Å²) in [7, 11) is 0. The van der Waals surface area contributed by atoms with Crippen molar-refractivity contribution in [1.29, 1.82) is 0 Å². The molecule has 0 bridgehead atoms. The van der Waals surface area contributed by atoms with Crippen molar-refractivity contribution in [3.05, 3.63) is 0 Å². The number of nitrogens with zero attached hydrogens (tertiary/aromatic N) is 1. The average molecular weight is 218 g/mol. The summed E-state index contributed by atoms with van der Waals surface area (Å²) in [5, 5.41) is 0. The number of nitrogens with two attached hydrogens (primary N) is 1. The van der Waals surface area contributed by atoms with Gasteiger partial charge < -0.3 is 15.4 Å². The lowest BCUT2D eigenvalue weighted by Crippen LogP contribution is -2.38. The van der Waals surface area contributed by atoms with Crippen molar-refractivity contribution in [2.24, 2.45) is 11.7 Å². The predicted molar refractivity (Wildman–Crippen MR) is 60.2 cm³/mol. The van der Waals surface area contributed by atoms with Crippen molar-refractivity contribution in [3.63, 3.8) is 0 Å². The van der Waals surface area contributed by atoms with Gasteiger partial charge in [-0.15, -0.1) is 0 Å². The lowest BCUT2D eigenvalue weighted by atomic mass is 10.2. The Kier molecular flexibility index (Phi) is 6.19. The number of hydrogen-bond donors (Lipinski definition) is 1. The van der Waals surface area contributed by atoms with Crippen LogP contribution in [0.2, 0.25) is 0 Å². The van der Waals surface area contributed by atoms with E-state index in [9.17, 15) is 4.79 Å². The van der Waals surface area contributed by atoms with Gasteiger partial charge in [-0.25, -0.2) is 4.79 Å². The van der Waals surface area contributed by atoms with Crippen LogP contribution in [-0.2, 0) is 4.74 Å². The van der Waals surface area contributed by atoms with E-state index < -0.39 is 0 Å². The fraction of sp³-hybridized carbons (Fsp3) is 0.778. The van der Waals surface area contributed by atoms with Crippen molar-refractivity contribution in [1.82, 2.24) is 4.90 Å². The van der Waals surface area contributed by atoms with Crippen LogP contribution in [0.1, 0.15) is 20.8 Å². The van der Waals surface area contributed by atoms with Crippen molar-refractivity contribution >= 4 is 23.3 Å². The van der Waals surface area contributed by atoms with Crippen LogP contribution in [0.3, 0.4) is 0 Å². The standard InChI is InChI=1S/C9H18N2O2S/c1-4-11(9(12)13-5-2)6-7(3)8(10)14/h7H,4-6H2,1-3H3,(H2,10,14). The third-order valence-corrected chi connectivity index (χ3v) is 2.29. The van der Waals surface area contributed by atoms with Crippen molar-refractivity contribution in [3.8, 4) is 0 Å². The highest BCUT2D eigenvalue weighted by Gasteiger charge is 2.16. The molecular formula is C9H18N2O2S. The van der Waals surface area contributed by atoms with Crippen molar-refractivity contribution in [2.75, 3.05) is 19.7 Å². The van der Waals surface area contributed by atoms with Gasteiger partial charge in [-0.1, -0.05) is 19.1 Å². The molecule has 14 heavy (non-hydrogen) atoms. The van der Waals surface area contributed by atoms with E-state index in [2.05, 4.69) is 0 Å². The number of rotatable bonds is 5. The van der Waals surface area contributed by atoms with Crippen LogP contribution in [0.5, 0.6) is 0 Å². The summed E-state index contributed by atoms with van der Waals surface area (Å²) in [6.45, 7) is 7.07. The summed E-state index contributed by atoms with van der Waals surface area (Å²) in [4.78, 5) is 13.4. The topological polar surface area (TPSA) is 55.6 Å². The van der Waals surface area contributed by atoms with Gasteiger partial charge in [0.25, 0.3) is 0 Å². The molecule has 2 N–H and O–H groups in total. The monoisotopic (exact) mass is 218 g/mol. The highest BCUT2D eigenvalue weighted by Crippen LogP contribution is 2.02. The second-order valence-electron chi connectivity index (χ2n) is 3.04. The molecule has 1 amide bonds. The molecule has 4 nitrogen and oxygen atoms in total. The first-order chi connectivity index (χ1) is 6.52. The molecule has 0 radical (unpaired) electrons. The van der Waals surface area contributed by atoms with E-state index in [-0.39, 0.29) is 12.0 Å². The second kappa shape index (κ2) is 6.59. The number of carbonyl (C=O) groups is 1. The molecule has 0 aliphatic heterocycles. The molecule has 0 aromatic heterocycles. The van der Waals surface area contributed by atoms with E-state index in [0.717, 1.165) is 0 Å². The van der Waals surface area contributed by atoms with E-state index >= 15 is 0 Å². The van der Waals surface area contributed by atoms with Crippen LogP contribution < -0.4 is 5.73 Å². The van der Waals surface area contributed by atoms with E-state index in [4.69, 9.17) is 22.7 Å². The van der Waals surface area contributed by atoms with Crippen LogP contribution in [0.15, 0.2) is 0 Å². The van der Waals surface area contributed by atoms with Gasteiger partial charge in [0.2, 0.25) is 0 Å². The van der Waals surface area contributed by atoms with Gasteiger partial charge in [-0.3, -0.25) is 0 Å². The Hall–Kier alpha value is -0.840. The summed E-state index contributed by atoms with van der Waals surface area (Å²) in [5.41, 5.74) is 5.47. The molecule has 0 aliphatic rings. The SMILES string of the molecule is CCOC(=O)N(CC)CC(C)C(N)=S. The zero-order chi connectivity index (χ0) is 11.1. The third kappa shape index (κ3) is 4.41. The number of thiocarbonyl (C=S) groups is 1. The van der Waals surface area contributed by atoms with Crippen LogP contribution >= 0.6 is 12.2 Å². The maximum absolute atomic E-state index is 11.4. The molecule has 0 heterocycles. The largest absolute Gasteiger partial charge is 0.450 e. The average Bonchev–Trinajstić information content (AvgIpc) is 2.13. The first kappa shape index (κ1) is 13.2. The first-order valence-corrected chi connectivity index (χ1v) is 5.14. The Labute approximate surface area is 90.4 Å². The highest BCUT2D eigenvalue weighted by molar-refractivity contribution is 7.80. The summed E-state index contributed by atoms with van der Waals surface area (Å²) in [5.74, 6) is 0.0226. The molecule has 0 saturated carbocycles. The Balaban J connectivity index is 4.14. The molecule has 82 valence electrons. The number of hydrogen-bond acceptors (Lipinski definition) is 3. The maximum Gasteiger partial charge on any atom is 0.409 e. The van der Waals surface area contributed by atoms with Crippen LogP contribution in [0.25, 0.3) is 0 Å². The zero-order valence-electron chi connectivity index (χ0n) is 8.95. The molecule has 0 aliphatic carbocycles. The fourth-order valence-corrected chi connectivity index (χ4v) is 1.04. The summed E-state index contributed by atoms with van der Waals surface area (Å²) >= 11 is 4.83. The minimum Gasteiger partial charge on any atom is -0.450 e. The predicted octanol–water partition coefficient (Wildman–Crippen LogP) is 1.39. The van der Waals surface area contributed by atoms with E-state index in [1.807, 2.05) is 13.8 Å². The maximum atomic E-state index is 11.4. The van der Waals surface area contributed by atoms with Gasteiger partial charge in [-0.05, 0) is 13.8 Å². The zero-order valence-corrected chi connectivity index (χ0v) is 9.76. The van der Waals surface area contributed by atoms with Gasteiger partial charge in [-0.2, -0.15) is 0 Å². The molecular weight excluding hydrogens is 200 g/mol. The normalized spacial score (nSPS) is 11.9. The first-order valence-electron chi connectivity index (χ1n) is 4.73. The minimum atomic E-state index is -0.307. The molecule has 0 saturated heterocycles. The molecule has 0 fully saturated rings. The molecule has 1 atom stereocenters. The number of ether oxygens (including phenoxy) is 1. The van der Waals surface area contributed by atoms with Gasteiger partial charge in [0.1, 0.15) is 0 Å². The Morgan fingerprint density at radius 1 is 1.57 bits per heavy atom. The van der Waals surface area contributed by atoms with Gasteiger partial charge in [0.05, 0.1) is 11.6 Å². The Bertz CT molecular complexity index is 209. The van der Waals surface area contributed by atoms with Crippen LogP contribution in [0.4, 0.5) is 4.79 Å². The number of amides is 1. The van der Waals surface area contributed by atoms with Gasteiger partial charge in [0, 0.05) is 19.0 Å². The summed E-state index contributed by atoms with van der Waals surface area (Å²) < 4.78 is 4.88. The van der Waals surface area contributed by atoms with E-state index in [1.165, 1.54) is 0 Å². The molecule has 0 aromatic rings. The molecule has 0 rings (SSSR count). The van der Waals surface area contributed by atoms with Crippen LogP contribution in [0, 0.1) is 5.92 Å². The summed E-state index contributed by atoms with van der Waals surface area (Å²) in [6, 6.07) is 0. The summed E-state index contributed by atoms with van der Waals surface area (Å²) in [6.07, 6.45) is -0.307. The third-order valence-electron chi connectivity index (χ3n) is 1.89. The lowest BCUT2D eigenvalue weighted by Gasteiger charge is -2.23. The van der Waals surface area contributed by atoms with Gasteiger partial charge in [0.15, 0.2) is 0 Å². The highest BCUT2D eigenvalue weighted by atomic mass is 32.1. The lowest BCUT2D eigenvalue weighted by molar-refractivity contribution is 0.107. The van der Waals surface area contributed by atoms with Crippen LogP contribution in [-0.4, -0.2) is 35.7 Å². The molecule has 0 aromatic carbocycles. The Morgan fingerprint density at radius 2 is 2.14 bits per heavy atom. The Morgan fingerprint density at radius 3 is 2.50 bits per heavy atom. The molecule has 1 unspecified atom stereocenters. The molecule has 0 spiro atoms. The van der Waals surface area contributed by atoms with E-state index in [0.29, 0.717) is 24.7 Å². The quantitative estimate of drug-likeness (QED) is 0.708. The smallest absolute Gasteiger partial charge is 0.409 e. The molecule has 5 heteroatoms. The second-order valence-corrected chi connectivity index (χ2v) is 3.51. The van der Waals surface area contributed by atoms with Gasteiger partial charge >= 0.3 is 6.09 Å². The minimum absolute atomic E-state index is 0.0226. The van der Waals surface area contributed by atoms with Crippen molar-refractivity contribution < 1.29 is 9.53 Å².